The summed E-state index contributed by atoms with van der Waals surface area (Å²) in [5.41, 5.74) is 0.997. The first kappa shape index (κ1) is 16.9. The normalized spacial score (nSPS) is 17.5. The summed E-state index contributed by atoms with van der Waals surface area (Å²) in [6.45, 7) is 10.1. The average molecular weight is 303 g/mol. The quantitative estimate of drug-likeness (QED) is 0.858. The SMILES string of the molecule is CN(CC1CCN(Cc2cccnc2)CC1)C(=O)C(C)(C)C. The lowest BCUT2D eigenvalue weighted by atomic mass is 9.92. The van der Waals surface area contributed by atoms with E-state index in [0.717, 1.165) is 26.2 Å². The lowest BCUT2D eigenvalue weighted by molar-refractivity contribution is -0.138. The van der Waals surface area contributed by atoms with Crippen molar-refractivity contribution < 1.29 is 4.79 Å². The number of piperidine rings is 1. The van der Waals surface area contributed by atoms with Crippen LogP contribution >= 0.6 is 0 Å². The van der Waals surface area contributed by atoms with Gasteiger partial charge in [0.15, 0.2) is 0 Å². The van der Waals surface area contributed by atoms with Crippen LogP contribution in [0.25, 0.3) is 0 Å². The van der Waals surface area contributed by atoms with Crippen molar-refractivity contribution in [3.63, 3.8) is 0 Å². The lowest BCUT2D eigenvalue weighted by Crippen LogP contribution is -2.42. The second-order valence-corrected chi connectivity index (χ2v) is 7.52. The van der Waals surface area contributed by atoms with E-state index in [-0.39, 0.29) is 11.3 Å². The van der Waals surface area contributed by atoms with E-state index in [1.165, 1.54) is 18.4 Å². The largest absolute Gasteiger partial charge is 0.345 e. The number of amides is 1. The minimum Gasteiger partial charge on any atom is -0.345 e. The molecule has 4 nitrogen and oxygen atoms in total. The van der Waals surface area contributed by atoms with Gasteiger partial charge in [-0.15, -0.1) is 0 Å². The molecule has 0 aromatic carbocycles. The maximum atomic E-state index is 12.3. The molecule has 0 saturated carbocycles. The Morgan fingerprint density at radius 1 is 1.36 bits per heavy atom. The Balaban J connectivity index is 1.76. The van der Waals surface area contributed by atoms with Crippen LogP contribution in [0.15, 0.2) is 24.5 Å². The summed E-state index contributed by atoms with van der Waals surface area (Å²) in [4.78, 5) is 20.8. The molecular weight excluding hydrogens is 274 g/mol. The minimum absolute atomic E-state index is 0.241. The number of carbonyl (C=O) groups excluding carboxylic acids is 1. The number of nitrogens with zero attached hydrogens (tertiary/aromatic N) is 3. The Labute approximate surface area is 134 Å². The molecule has 0 radical (unpaired) electrons. The summed E-state index contributed by atoms with van der Waals surface area (Å²) < 4.78 is 0. The van der Waals surface area contributed by atoms with Gasteiger partial charge >= 0.3 is 0 Å². The van der Waals surface area contributed by atoms with Crippen LogP contribution in [0.3, 0.4) is 0 Å². The fourth-order valence-corrected chi connectivity index (χ4v) is 3.12. The molecule has 2 heterocycles. The van der Waals surface area contributed by atoms with Crippen molar-refractivity contribution in [2.75, 3.05) is 26.7 Å². The standard InChI is InChI=1S/C18H29N3O/c1-18(2,3)17(22)20(4)13-15-7-10-21(11-8-15)14-16-6-5-9-19-12-16/h5-6,9,12,15H,7-8,10-11,13-14H2,1-4H3. The molecule has 0 unspecified atom stereocenters. The minimum atomic E-state index is -0.282. The topological polar surface area (TPSA) is 36.4 Å². The molecular formula is C18H29N3O. The van der Waals surface area contributed by atoms with Crippen molar-refractivity contribution >= 4 is 5.91 Å². The van der Waals surface area contributed by atoms with Gasteiger partial charge in [-0.25, -0.2) is 0 Å². The maximum absolute atomic E-state index is 12.3. The van der Waals surface area contributed by atoms with E-state index in [4.69, 9.17) is 0 Å². The van der Waals surface area contributed by atoms with Crippen LogP contribution in [0, 0.1) is 11.3 Å². The first-order valence-electron chi connectivity index (χ1n) is 8.23. The van der Waals surface area contributed by atoms with Gasteiger partial charge in [0.2, 0.25) is 5.91 Å². The summed E-state index contributed by atoms with van der Waals surface area (Å²) in [6.07, 6.45) is 6.10. The van der Waals surface area contributed by atoms with Crippen molar-refractivity contribution in [2.45, 2.75) is 40.2 Å². The second kappa shape index (κ2) is 7.23. The van der Waals surface area contributed by atoms with Crippen LogP contribution in [0.4, 0.5) is 0 Å². The van der Waals surface area contributed by atoms with E-state index in [9.17, 15) is 4.79 Å². The highest BCUT2D eigenvalue weighted by molar-refractivity contribution is 5.81. The number of hydrogen-bond acceptors (Lipinski definition) is 3. The van der Waals surface area contributed by atoms with Crippen LogP contribution in [0.1, 0.15) is 39.2 Å². The van der Waals surface area contributed by atoms with Gasteiger partial charge in [-0.05, 0) is 43.5 Å². The van der Waals surface area contributed by atoms with Crippen LogP contribution in [-0.2, 0) is 11.3 Å². The zero-order chi connectivity index (χ0) is 16.2. The highest BCUT2D eigenvalue weighted by Gasteiger charge is 2.27. The molecule has 1 fully saturated rings. The molecule has 0 spiro atoms. The van der Waals surface area contributed by atoms with Crippen molar-refractivity contribution in [3.05, 3.63) is 30.1 Å². The zero-order valence-corrected chi connectivity index (χ0v) is 14.4. The van der Waals surface area contributed by atoms with E-state index in [1.807, 2.05) is 51.2 Å². The second-order valence-electron chi connectivity index (χ2n) is 7.52. The molecule has 0 atom stereocenters. The smallest absolute Gasteiger partial charge is 0.227 e. The predicted octanol–water partition coefficient (Wildman–Crippen LogP) is 2.80. The van der Waals surface area contributed by atoms with E-state index < -0.39 is 0 Å². The molecule has 1 aromatic heterocycles. The van der Waals surface area contributed by atoms with Gasteiger partial charge < -0.3 is 4.90 Å². The Hall–Kier alpha value is -1.42. The van der Waals surface area contributed by atoms with Gasteiger partial charge in [0.05, 0.1) is 0 Å². The molecule has 1 saturated heterocycles. The highest BCUT2D eigenvalue weighted by atomic mass is 16.2. The highest BCUT2D eigenvalue weighted by Crippen LogP contribution is 2.22. The molecule has 22 heavy (non-hydrogen) atoms. The fourth-order valence-electron chi connectivity index (χ4n) is 3.12. The maximum Gasteiger partial charge on any atom is 0.227 e. The molecule has 0 bridgehead atoms. The Kier molecular flexibility index (Phi) is 5.57. The zero-order valence-electron chi connectivity index (χ0n) is 14.4. The van der Waals surface area contributed by atoms with E-state index >= 15 is 0 Å². The van der Waals surface area contributed by atoms with Crippen LogP contribution < -0.4 is 0 Å². The van der Waals surface area contributed by atoms with Crippen molar-refractivity contribution in [1.82, 2.24) is 14.8 Å². The molecule has 2 rings (SSSR count). The van der Waals surface area contributed by atoms with Crippen LogP contribution in [0.5, 0.6) is 0 Å². The van der Waals surface area contributed by atoms with Crippen molar-refractivity contribution in [1.29, 1.82) is 0 Å². The predicted molar refractivity (Wildman–Crippen MR) is 89.3 cm³/mol. The fraction of sp³-hybridized carbons (Fsp3) is 0.667. The van der Waals surface area contributed by atoms with E-state index in [0.29, 0.717) is 5.92 Å². The average Bonchev–Trinajstić information content (AvgIpc) is 2.48. The van der Waals surface area contributed by atoms with Gasteiger partial charge in [-0.3, -0.25) is 14.7 Å². The third kappa shape index (κ3) is 4.80. The van der Waals surface area contributed by atoms with Crippen molar-refractivity contribution in [2.24, 2.45) is 11.3 Å². The van der Waals surface area contributed by atoms with Gasteiger partial charge in [0.1, 0.15) is 0 Å². The first-order valence-corrected chi connectivity index (χ1v) is 8.23. The number of aromatic nitrogens is 1. The molecule has 122 valence electrons. The number of hydrogen-bond donors (Lipinski definition) is 0. The third-order valence-corrected chi connectivity index (χ3v) is 4.36. The van der Waals surface area contributed by atoms with Crippen LogP contribution in [-0.4, -0.2) is 47.4 Å². The Morgan fingerprint density at radius 2 is 2.05 bits per heavy atom. The Morgan fingerprint density at radius 3 is 2.59 bits per heavy atom. The number of carbonyl (C=O) groups is 1. The van der Waals surface area contributed by atoms with E-state index in [2.05, 4.69) is 16.0 Å². The van der Waals surface area contributed by atoms with Gasteiger partial charge in [0, 0.05) is 37.9 Å². The molecule has 1 aliphatic rings. The number of pyridine rings is 1. The number of likely N-dealkylation sites (tertiary alicyclic amines) is 1. The summed E-state index contributed by atoms with van der Waals surface area (Å²) in [6, 6.07) is 4.13. The molecule has 1 aliphatic heterocycles. The summed E-state index contributed by atoms with van der Waals surface area (Å²) in [5, 5.41) is 0. The molecule has 0 N–H and O–H groups in total. The van der Waals surface area contributed by atoms with Crippen molar-refractivity contribution in [3.8, 4) is 0 Å². The molecule has 1 aromatic rings. The van der Waals surface area contributed by atoms with Gasteiger partial charge in [-0.1, -0.05) is 26.8 Å². The number of rotatable bonds is 4. The van der Waals surface area contributed by atoms with Gasteiger partial charge in [0.25, 0.3) is 0 Å². The molecule has 0 aliphatic carbocycles. The summed E-state index contributed by atoms with van der Waals surface area (Å²) in [7, 11) is 1.94. The third-order valence-electron chi connectivity index (χ3n) is 4.36. The summed E-state index contributed by atoms with van der Waals surface area (Å²) >= 11 is 0. The molecule has 4 heteroatoms. The van der Waals surface area contributed by atoms with E-state index in [1.54, 1.807) is 0 Å². The Bertz CT molecular complexity index is 473. The van der Waals surface area contributed by atoms with Gasteiger partial charge in [-0.2, -0.15) is 0 Å². The lowest BCUT2D eigenvalue weighted by Gasteiger charge is -2.35. The van der Waals surface area contributed by atoms with Crippen LogP contribution in [0.2, 0.25) is 0 Å². The first-order chi connectivity index (χ1) is 10.4. The molecule has 1 amide bonds. The summed E-state index contributed by atoms with van der Waals surface area (Å²) in [5.74, 6) is 0.867. The monoisotopic (exact) mass is 303 g/mol.